The molecular formula is C19H24N4O5. The molecule has 1 aromatic carbocycles. The Balaban J connectivity index is 1.77. The van der Waals surface area contributed by atoms with Gasteiger partial charge in [0.2, 0.25) is 5.91 Å². The second-order valence-electron chi connectivity index (χ2n) is 7.40. The summed E-state index contributed by atoms with van der Waals surface area (Å²) in [6.45, 7) is 3.90. The summed E-state index contributed by atoms with van der Waals surface area (Å²) in [5.41, 5.74) is -1.04. The standard InChI is InChI=1S/C19H24N4O5/c1-3-14-6-4-5-11-21(14)16(24)12-22-17(25)19(2,20-18(22)26)13-7-9-15(10-8-13)23(27)28/h7-10,14H,3-6,11-12H2,1-2H3,(H,20,26)/t14-,19+/m1/s1. The van der Waals surface area contributed by atoms with Gasteiger partial charge in [0.1, 0.15) is 12.1 Å². The van der Waals surface area contributed by atoms with Crippen LogP contribution in [0.2, 0.25) is 0 Å². The molecule has 0 aliphatic carbocycles. The number of rotatable bonds is 5. The van der Waals surface area contributed by atoms with Crippen LogP contribution in [0.4, 0.5) is 10.5 Å². The van der Waals surface area contributed by atoms with E-state index in [1.54, 1.807) is 4.90 Å². The Hall–Kier alpha value is -2.97. The van der Waals surface area contributed by atoms with Crippen LogP contribution in [0, 0.1) is 10.1 Å². The molecule has 0 saturated carbocycles. The van der Waals surface area contributed by atoms with E-state index in [1.165, 1.54) is 31.2 Å². The lowest BCUT2D eigenvalue weighted by atomic mass is 9.92. The maximum atomic E-state index is 13.0. The molecule has 9 nitrogen and oxygen atoms in total. The maximum Gasteiger partial charge on any atom is 0.325 e. The lowest BCUT2D eigenvalue weighted by Crippen LogP contribution is -2.49. The minimum absolute atomic E-state index is 0.105. The van der Waals surface area contributed by atoms with E-state index in [1.807, 2.05) is 6.92 Å². The third kappa shape index (κ3) is 3.44. The molecule has 28 heavy (non-hydrogen) atoms. The molecule has 0 unspecified atom stereocenters. The first-order valence-corrected chi connectivity index (χ1v) is 9.46. The van der Waals surface area contributed by atoms with Crippen LogP contribution in [0.15, 0.2) is 24.3 Å². The number of hydrogen-bond acceptors (Lipinski definition) is 5. The van der Waals surface area contributed by atoms with Crippen LogP contribution >= 0.6 is 0 Å². The van der Waals surface area contributed by atoms with E-state index in [-0.39, 0.29) is 24.2 Å². The van der Waals surface area contributed by atoms with E-state index >= 15 is 0 Å². The Labute approximate surface area is 162 Å². The van der Waals surface area contributed by atoms with E-state index in [4.69, 9.17) is 0 Å². The number of nitrogens with zero attached hydrogens (tertiary/aromatic N) is 3. The Bertz CT molecular complexity index is 809. The first kappa shape index (κ1) is 19.8. The van der Waals surface area contributed by atoms with Gasteiger partial charge in [0, 0.05) is 24.7 Å². The van der Waals surface area contributed by atoms with E-state index in [2.05, 4.69) is 5.32 Å². The predicted octanol–water partition coefficient (Wildman–Crippen LogP) is 2.15. The first-order chi connectivity index (χ1) is 13.3. The monoisotopic (exact) mass is 388 g/mol. The van der Waals surface area contributed by atoms with Gasteiger partial charge in [-0.3, -0.25) is 24.6 Å². The van der Waals surface area contributed by atoms with Gasteiger partial charge >= 0.3 is 6.03 Å². The van der Waals surface area contributed by atoms with Gasteiger partial charge in [-0.1, -0.05) is 6.92 Å². The van der Waals surface area contributed by atoms with Crippen molar-refractivity contribution in [3.05, 3.63) is 39.9 Å². The van der Waals surface area contributed by atoms with Crippen LogP contribution in [-0.4, -0.2) is 51.7 Å². The zero-order valence-corrected chi connectivity index (χ0v) is 16.0. The lowest BCUT2D eigenvalue weighted by molar-refractivity contribution is -0.384. The molecule has 3 rings (SSSR count). The molecule has 0 radical (unpaired) electrons. The number of benzene rings is 1. The van der Waals surface area contributed by atoms with E-state index in [9.17, 15) is 24.5 Å². The van der Waals surface area contributed by atoms with Gasteiger partial charge in [0.25, 0.3) is 11.6 Å². The molecule has 2 saturated heterocycles. The van der Waals surface area contributed by atoms with Crippen LogP contribution in [0.3, 0.4) is 0 Å². The number of nitro groups is 1. The molecule has 1 N–H and O–H groups in total. The van der Waals surface area contributed by atoms with E-state index in [0.29, 0.717) is 12.1 Å². The fraction of sp³-hybridized carbons (Fsp3) is 0.526. The van der Waals surface area contributed by atoms with Gasteiger partial charge < -0.3 is 10.2 Å². The normalized spacial score (nSPS) is 25.0. The zero-order valence-electron chi connectivity index (χ0n) is 16.0. The van der Waals surface area contributed by atoms with Crippen molar-refractivity contribution in [3.63, 3.8) is 0 Å². The minimum atomic E-state index is -1.36. The molecule has 0 spiro atoms. The molecule has 4 amide bonds. The van der Waals surface area contributed by atoms with Crippen LogP contribution < -0.4 is 5.32 Å². The van der Waals surface area contributed by atoms with Gasteiger partial charge in [0.15, 0.2) is 0 Å². The van der Waals surface area contributed by atoms with Crippen molar-refractivity contribution in [1.82, 2.24) is 15.1 Å². The number of carbonyl (C=O) groups excluding carboxylic acids is 3. The summed E-state index contributed by atoms with van der Waals surface area (Å²) in [6, 6.07) is 4.96. The first-order valence-electron chi connectivity index (χ1n) is 9.46. The molecule has 2 aliphatic rings. The topological polar surface area (TPSA) is 113 Å². The second kappa shape index (κ2) is 7.57. The third-order valence-electron chi connectivity index (χ3n) is 5.64. The molecule has 2 heterocycles. The third-order valence-corrected chi connectivity index (χ3v) is 5.64. The molecule has 2 aliphatic heterocycles. The van der Waals surface area contributed by atoms with Crippen molar-refractivity contribution < 1.29 is 19.3 Å². The molecule has 0 bridgehead atoms. The Kier molecular flexibility index (Phi) is 5.35. The van der Waals surface area contributed by atoms with Crippen LogP contribution in [0.25, 0.3) is 0 Å². The number of carbonyl (C=O) groups is 3. The van der Waals surface area contributed by atoms with E-state index in [0.717, 1.165) is 30.6 Å². The summed E-state index contributed by atoms with van der Waals surface area (Å²) in [4.78, 5) is 51.2. The molecule has 2 fully saturated rings. The number of piperidine rings is 1. The average Bonchev–Trinajstić information content (AvgIpc) is 2.91. The number of urea groups is 1. The largest absolute Gasteiger partial charge is 0.338 e. The predicted molar refractivity (Wildman–Crippen MR) is 100 cm³/mol. The van der Waals surface area contributed by atoms with Gasteiger partial charge in [0.05, 0.1) is 4.92 Å². The summed E-state index contributed by atoms with van der Waals surface area (Å²) < 4.78 is 0. The van der Waals surface area contributed by atoms with Gasteiger partial charge in [-0.2, -0.15) is 0 Å². The summed E-state index contributed by atoms with van der Waals surface area (Å²) in [6.07, 6.45) is 3.77. The van der Waals surface area contributed by atoms with Crippen molar-refractivity contribution >= 4 is 23.5 Å². The number of hydrogen-bond donors (Lipinski definition) is 1. The van der Waals surface area contributed by atoms with Crippen molar-refractivity contribution in [2.75, 3.05) is 13.1 Å². The molecular weight excluding hydrogens is 364 g/mol. The number of nitrogens with one attached hydrogen (secondary N) is 1. The Morgan fingerprint density at radius 1 is 1.29 bits per heavy atom. The summed E-state index contributed by atoms with van der Waals surface area (Å²) in [5, 5.41) is 13.4. The molecule has 1 aromatic rings. The van der Waals surface area contributed by atoms with Crippen molar-refractivity contribution in [3.8, 4) is 0 Å². The molecule has 0 aromatic heterocycles. The number of nitro benzene ring substituents is 1. The van der Waals surface area contributed by atoms with Gasteiger partial charge in [-0.15, -0.1) is 0 Å². The smallest absolute Gasteiger partial charge is 0.325 e. The highest BCUT2D eigenvalue weighted by atomic mass is 16.6. The molecule has 2 atom stereocenters. The Morgan fingerprint density at radius 3 is 2.57 bits per heavy atom. The van der Waals surface area contributed by atoms with Crippen molar-refractivity contribution in [1.29, 1.82) is 0 Å². The highest BCUT2D eigenvalue weighted by Gasteiger charge is 2.50. The summed E-state index contributed by atoms with van der Waals surface area (Å²) >= 11 is 0. The van der Waals surface area contributed by atoms with Gasteiger partial charge in [-0.25, -0.2) is 4.79 Å². The number of imide groups is 1. The van der Waals surface area contributed by atoms with Crippen molar-refractivity contribution in [2.45, 2.75) is 51.1 Å². The summed E-state index contributed by atoms with van der Waals surface area (Å²) in [5.74, 6) is -0.771. The maximum absolute atomic E-state index is 13.0. The lowest BCUT2D eigenvalue weighted by Gasteiger charge is -2.36. The number of non-ortho nitro benzene ring substituents is 1. The SMILES string of the molecule is CC[C@@H]1CCCCN1C(=O)CN1C(=O)N[C@@](C)(c2ccc([N+](=O)[O-])cc2)C1=O. The average molecular weight is 388 g/mol. The fourth-order valence-electron chi connectivity index (χ4n) is 3.93. The zero-order chi connectivity index (χ0) is 20.5. The van der Waals surface area contributed by atoms with Crippen LogP contribution in [-0.2, 0) is 15.1 Å². The summed E-state index contributed by atoms with van der Waals surface area (Å²) in [7, 11) is 0. The molecule has 150 valence electrons. The number of likely N-dealkylation sites (tertiary alicyclic amines) is 1. The van der Waals surface area contributed by atoms with Gasteiger partial charge in [-0.05, 0) is 50.3 Å². The van der Waals surface area contributed by atoms with Crippen LogP contribution in [0.5, 0.6) is 0 Å². The highest BCUT2D eigenvalue weighted by molar-refractivity contribution is 6.09. The molecule has 9 heteroatoms. The number of amides is 4. The fourth-order valence-corrected chi connectivity index (χ4v) is 3.93. The van der Waals surface area contributed by atoms with Crippen LogP contribution in [0.1, 0.15) is 45.1 Å². The highest BCUT2D eigenvalue weighted by Crippen LogP contribution is 2.30. The quantitative estimate of drug-likeness (QED) is 0.472. The van der Waals surface area contributed by atoms with Crippen molar-refractivity contribution in [2.24, 2.45) is 0 Å². The minimum Gasteiger partial charge on any atom is -0.338 e. The Morgan fingerprint density at radius 2 is 1.96 bits per heavy atom. The van der Waals surface area contributed by atoms with E-state index < -0.39 is 22.4 Å². The second-order valence-corrected chi connectivity index (χ2v) is 7.40.